The van der Waals surface area contributed by atoms with E-state index in [2.05, 4.69) is 15.9 Å². The van der Waals surface area contributed by atoms with Gasteiger partial charge in [0.1, 0.15) is 0 Å². The van der Waals surface area contributed by atoms with Gasteiger partial charge in [-0.1, -0.05) is 51.3 Å². The average Bonchev–Trinajstić information content (AvgIpc) is 2.38. The summed E-state index contributed by atoms with van der Waals surface area (Å²) in [4.78, 5) is 11.0. The summed E-state index contributed by atoms with van der Waals surface area (Å²) in [5.74, 6) is -2.17. The molecule has 0 heterocycles. The van der Waals surface area contributed by atoms with Crippen LogP contribution in [-0.4, -0.2) is 11.1 Å². The zero-order valence-corrected chi connectivity index (χ0v) is 12.9. The zero-order chi connectivity index (χ0) is 15.0. The van der Waals surface area contributed by atoms with E-state index in [1.807, 2.05) is 0 Å². The lowest BCUT2D eigenvalue weighted by atomic mass is 10.0. The van der Waals surface area contributed by atoms with E-state index >= 15 is 0 Å². The lowest BCUT2D eigenvalue weighted by Gasteiger charge is -2.13. The van der Waals surface area contributed by atoms with E-state index in [0.29, 0.717) is 5.56 Å². The highest BCUT2D eigenvalue weighted by atomic mass is 79.9. The highest BCUT2D eigenvalue weighted by Gasteiger charge is 2.22. The predicted octanol–water partition coefficient (Wildman–Crippen LogP) is 4.84. The smallest absolute Gasteiger partial charge is 0.337 e. The maximum absolute atomic E-state index is 14.4. The first-order chi connectivity index (χ1) is 9.34. The first kappa shape index (κ1) is 15.1. The van der Waals surface area contributed by atoms with Gasteiger partial charge in [0.2, 0.25) is 0 Å². The Bertz CT molecular complexity index is 722. The normalized spacial score (nSPS) is 10.6. The van der Waals surface area contributed by atoms with E-state index in [0.717, 1.165) is 0 Å². The summed E-state index contributed by atoms with van der Waals surface area (Å²) in [7, 11) is 0. The summed E-state index contributed by atoms with van der Waals surface area (Å²) < 4.78 is 14.6. The molecule has 0 aliphatic heterocycles. The predicted molar refractivity (Wildman–Crippen MR) is 80.9 cm³/mol. The highest BCUT2D eigenvalue weighted by molar-refractivity contribution is 9.10. The van der Waals surface area contributed by atoms with Gasteiger partial charge in [0, 0.05) is 15.6 Å². The van der Waals surface area contributed by atoms with Crippen LogP contribution in [0.5, 0.6) is 0 Å². The number of benzene rings is 2. The molecule has 0 unspecified atom stereocenters. The molecule has 2 rings (SSSR count). The van der Waals surface area contributed by atoms with E-state index in [9.17, 15) is 9.18 Å². The molecular formula is C13H7BrCl2FNO2. The molecule has 0 saturated carbocycles. The van der Waals surface area contributed by atoms with Crippen molar-refractivity contribution in [3.8, 4) is 11.1 Å². The van der Waals surface area contributed by atoms with Gasteiger partial charge in [-0.05, 0) is 12.1 Å². The van der Waals surface area contributed by atoms with Gasteiger partial charge in [-0.25, -0.2) is 9.18 Å². The van der Waals surface area contributed by atoms with Crippen molar-refractivity contribution in [3.05, 3.63) is 50.2 Å². The molecule has 0 aliphatic carbocycles. The van der Waals surface area contributed by atoms with Gasteiger partial charge in [-0.2, -0.15) is 0 Å². The van der Waals surface area contributed by atoms with Crippen molar-refractivity contribution in [1.82, 2.24) is 0 Å². The number of halogens is 4. The van der Waals surface area contributed by atoms with E-state index in [1.165, 1.54) is 6.07 Å². The molecule has 0 aliphatic rings. The number of carbonyl (C=O) groups is 1. The van der Waals surface area contributed by atoms with Crippen LogP contribution in [0, 0.1) is 5.82 Å². The second-order valence-corrected chi connectivity index (χ2v) is 5.55. The molecule has 0 saturated heterocycles. The van der Waals surface area contributed by atoms with E-state index in [1.54, 1.807) is 18.2 Å². The summed E-state index contributed by atoms with van der Waals surface area (Å²) in [6.45, 7) is 0. The van der Waals surface area contributed by atoms with Crippen LogP contribution in [0.4, 0.5) is 10.1 Å². The number of nitrogen functional groups attached to an aromatic ring is 1. The lowest BCUT2D eigenvalue weighted by molar-refractivity contribution is 0.0697. The minimum Gasteiger partial charge on any atom is -0.478 e. The third kappa shape index (κ3) is 2.49. The maximum Gasteiger partial charge on any atom is 0.337 e. The van der Waals surface area contributed by atoms with Crippen molar-refractivity contribution in [2.75, 3.05) is 5.73 Å². The molecule has 0 spiro atoms. The molecule has 0 bridgehead atoms. The largest absolute Gasteiger partial charge is 0.478 e. The van der Waals surface area contributed by atoms with Gasteiger partial charge < -0.3 is 10.8 Å². The second kappa shape index (κ2) is 5.60. The molecule has 2 aromatic carbocycles. The van der Waals surface area contributed by atoms with Crippen LogP contribution < -0.4 is 5.73 Å². The molecule has 20 heavy (non-hydrogen) atoms. The molecule has 3 nitrogen and oxygen atoms in total. The number of carboxylic acids is 1. The minimum absolute atomic E-state index is 0.0694. The Morgan fingerprint density at radius 1 is 1.35 bits per heavy atom. The summed E-state index contributed by atoms with van der Waals surface area (Å²) in [6.07, 6.45) is 0. The molecule has 2 aromatic rings. The summed E-state index contributed by atoms with van der Waals surface area (Å²) in [5, 5.41) is 9.38. The standard InChI is InChI=1S/C13H7BrCl2FNO2/c14-7-4-6(13(19)20)12(18)11(17)9(7)5-2-1-3-8(15)10(5)16/h1-4H,18H2,(H,19,20). The number of aromatic carboxylic acids is 1. The molecule has 7 heteroatoms. The maximum atomic E-state index is 14.4. The fraction of sp³-hybridized carbons (Fsp3) is 0. The van der Waals surface area contributed by atoms with Crippen molar-refractivity contribution in [2.45, 2.75) is 0 Å². The SMILES string of the molecule is Nc1c(C(=O)O)cc(Br)c(-c2cccc(Cl)c2Cl)c1F. The van der Waals surface area contributed by atoms with Gasteiger partial charge in [-0.3, -0.25) is 0 Å². The van der Waals surface area contributed by atoms with Crippen LogP contribution in [0.15, 0.2) is 28.7 Å². The number of carboxylic acid groups (broad SMARTS) is 1. The van der Waals surface area contributed by atoms with E-state index < -0.39 is 17.5 Å². The third-order valence-corrected chi connectivity index (χ3v) is 4.15. The van der Waals surface area contributed by atoms with Crippen LogP contribution in [0.25, 0.3) is 11.1 Å². The Hall–Kier alpha value is -1.30. The number of rotatable bonds is 2. The molecule has 0 aromatic heterocycles. The number of hydrogen-bond acceptors (Lipinski definition) is 2. The van der Waals surface area contributed by atoms with Gasteiger partial charge in [0.25, 0.3) is 0 Å². The van der Waals surface area contributed by atoms with E-state index in [4.69, 9.17) is 34.0 Å². The van der Waals surface area contributed by atoms with Crippen LogP contribution in [0.1, 0.15) is 10.4 Å². The molecule has 0 radical (unpaired) electrons. The molecular weight excluding hydrogens is 372 g/mol. The summed E-state index contributed by atoms with van der Waals surface area (Å²) in [5.41, 5.74) is 5.15. The summed E-state index contributed by atoms with van der Waals surface area (Å²) in [6, 6.07) is 5.97. The Balaban J connectivity index is 2.79. The Kier molecular flexibility index (Phi) is 4.22. The first-order valence-electron chi connectivity index (χ1n) is 5.29. The Morgan fingerprint density at radius 2 is 2.00 bits per heavy atom. The fourth-order valence-corrected chi connectivity index (χ4v) is 2.77. The third-order valence-electron chi connectivity index (χ3n) is 2.71. The summed E-state index contributed by atoms with van der Waals surface area (Å²) >= 11 is 15.1. The number of anilines is 1. The van der Waals surface area contributed by atoms with Crippen LogP contribution in [0.2, 0.25) is 10.0 Å². The van der Waals surface area contributed by atoms with Gasteiger partial charge in [0.15, 0.2) is 5.82 Å². The minimum atomic E-state index is -1.31. The Morgan fingerprint density at radius 3 is 2.60 bits per heavy atom. The van der Waals surface area contributed by atoms with Crippen molar-refractivity contribution in [2.24, 2.45) is 0 Å². The van der Waals surface area contributed by atoms with Crippen LogP contribution in [-0.2, 0) is 0 Å². The van der Waals surface area contributed by atoms with Crippen molar-refractivity contribution < 1.29 is 14.3 Å². The highest BCUT2D eigenvalue weighted by Crippen LogP contribution is 2.41. The lowest BCUT2D eigenvalue weighted by Crippen LogP contribution is -2.06. The molecule has 0 amide bonds. The monoisotopic (exact) mass is 377 g/mol. The fourth-order valence-electron chi connectivity index (χ4n) is 1.76. The molecule has 104 valence electrons. The first-order valence-corrected chi connectivity index (χ1v) is 6.84. The Labute approximate surface area is 132 Å². The van der Waals surface area contributed by atoms with Crippen molar-refractivity contribution in [1.29, 1.82) is 0 Å². The number of nitrogens with two attached hydrogens (primary N) is 1. The quantitative estimate of drug-likeness (QED) is 0.734. The van der Waals surface area contributed by atoms with Gasteiger partial charge in [0.05, 0.1) is 21.3 Å². The van der Waals surface area contributed by atoms with Crippen molar-refractivity contribution in [3.63, 3.8) is 0 Å². The molecule has 0 atom stereocenters. The number of hydrogen-bond donors (Lipinski definition) is 2. The topological polar surface area (TPSA) is 63.3 Å². The molecule has 3 N–H and O–H groups in total. The average molecular weight is 379 g/mol. The van der Waals surface area contributed by atoms with Crippen molar-refractivity contribution >= 4 is 50.8 Å². The van der Waals surface area contributed by atoms with Crippen LogP contribution >= 0.6 is 39.1 Å². The van der Waals surface area contributed by atoms with E-state index in [-0.39, 0.29) is 25.6 Å². The zero-order valence-electron chi connectivity index (χ0n) is 9.75. The van der Waals surface area contributed by atoms with Gasteiger partial charge in [-0.15, -0.1) is 0 Å². The molecule has 0 fully saturated rings. The van der Waals surface area contributed by atoms with Gasteiger partial charge >= 0.3 is 5.97 Å². The second-order valence-electron chi connectivity index (χ2n) is 3.92. The van der Waals surface area contributed by atoms with Crippen LogP contribution in [0.3, 0.4) is 0 Å².